The minimum Gasteiger partial charge on any atom is -0.336 e. The van der Waals surface area contributed by atoms with Gasteiger partial charge in [0.15, 0.2) is 0 Å². The van der Waals surface area contributed by atoms with Gasteiger partial charge in [-0.25, -0.2) is 0 Å². The van der Waals surface area contributed by atoms with Crippen LogP contribution in [-0.4, -0.2) is 22.9 Å². The van der Waals surface area contributed by atoms with Gasteiger partial charge in [0.05, 0.1) is 6.42 Å². The molecular weight excluding hydrogens is 326 g/mol. The van der Waals surface area contributed by atoms with Crippen molar-refractivity contribution in [2.24, 2.45) is 0 Å². The lowest BCUT2D eigenvalue weighted by atomic mass is 9.95. The van der Waals surface area contributed by atoms with Crippen LogP contribution in [0.5, 0.6) is 0 Å². The van der Waals surface area contributed by atoms with E-state index in [1.54, 1.807) is 11.1 Å². The Hall–Kier alpha value is -1.09. The molecule has 0 aromatic heterocycles. The first kappa shape index (κ1) is 13.6. The number of fused-ring (bicyclic) bond motifs is 2. The number of allylic oxidation sites excluding steroid dienone is 1. The maximum absolute atomic E-state index is 12.8. The minimum absolute atomic E-state index is 0.314. The van der Waals surface area contributed by atoms with Gasteiger partial charge in [0.2, 0.25) is 5.91 Å². The molecule has 0 N–H and O–H groups in total. The van der Waals surface area contributed by atoms with Crippen molar-refractivity contribution in [3.05, 3.63) is 45.4 Å². The van der Waals surface area contributed by atoms with E-state index in [9.17, 15) is 4.79 Å². The van der Waals surface area contributed by atoms with E-state index in [1.165, 1.54) is 25.7 Å². The molecular formula is C18H20BrNO. The number of benzene rings is 1. The highest BCUT2D eigenvalue weighted by Crippen LogP contribution is 2.44. The zero-order valence-corrected chi connectivity index (χ0v) is 13.7. The predicted octanol–water partition coefficient (Wildman–Crippen LogP) is 4.24. The van der Waals surface area contributed by atoms with Gasteiger partial charge in [0.25, 0.3) is 0 Å². The molecule has 2 nitrogen and oxygen atoms in total. The Kier molecular flexibility index (Phi) is 3.41. The van der Waals surface area contributed by atoms with Crippen LogP contribution < -0.4 is 0 Å². The van der Waals surface area contributed by atoms with Gasteiger partial charge in [-0.15, -0.1) is 0 Å². The van der Waals surface area contributed by atoms with Gasteiger partial charge >= 0.3 is 0 Å². The molecule has 2 atom stereocenters. The summed E-state index contributed by atoms with van der Waals surface area (Å²) in [5.41, 5.74) is 4.49. The molecule has 2 heterocycles. The van der Waals surface area contributed by atoms with Gasteiger partial charge < -0.3 is 4.90 Å². The van der Waals surface area contributed by atoms with Crippen molar-refractivity contribution >= 4 is 21.8 Å². The molecule has 21 heavy (non-hydrogen) atoms. The summed E-state index contributed by atoms with van der Waals surface area (Å²) >= 11 is 3.55. The minimum atomic E-state index is 0.314. The van der Waals surface area contributed by atoms with Crippen molar-refractivity contribution < 1.29 is 4.79 Å². The smallest absolute Gasteiger partial charge is 0.227 e. The van der Waals surface area contributed by atoms with E-state index >= 15 is 0 Å². The van der Waals surface area contributed by atoms with E-state index in [2.05, 4.69) is 20.8 Å². The molecule has 1 aromatic rings. The summed E-state index contributed by atoms with van der Waals surface area (Å²) in [4.78, 5) is 15.0. The lowest BCUT2D eigenvalue weighted by molar-refractivity contribution is -0.134. The monoisotopic (exact) mass is 345 g/mol. The maximum Gasteiger partial charge on any atom is 0.227 e. The quantitative estimate of drug-likeness (QED) is 0.734. The van der Waals surface area contributed by atoms with Crippen LogP contribution in [0.3, 0.4) is 0 Å². The molecule has 1 aromatic carbocycles. The highest BCUT2D eigenvalue weighted by Gasteiger charge is 2.42. The van der Waals surface area contributed by atoms with Crippen molar-refractivity contribution in [1.29, 1.82) is 0 Å². The summed E-state index contributed by atoms with van der Waals surface area (Å²) in [6, 6.07) is 9.02. The molecule has 3 aliphatic rings. The maximum atomic E-state index is 12.8. The first-order valence-electron chi connectivity index (χ1n) is 7.96. The van der Waals surface area contributed by atoms with Crippen molar-refractivity contribution in [1.82, 2.24) is 4.90 Å². The third-order valence-electron chi connectivity index (χ3n) is 5.17. The Morgan fingerprint density at radius 2 is 1.76 bits per heavy atom. The van der Waals surface area contributed by atoms with Gasteiger partial charge in [-0.2, -0.15) is 0 Å². The van der Waals surface area contributed by atoms with E-state index < -0.39 is 0 Å². The van der Waals surface area contributed by atoms with E-state index in [1.807, 2.05) is 24.3 Å². The molecule has 3 fully saturated rings. The van der Waals surface area contributed by atoms with Gasteiger partial charge in [-0.1, -0.05) is 45.3 Å². The van der Waals surface area contributed by atoms with Crippen molar-refractivity contribution in [2.75, 3.05) is 0 Å². The Morgan fingerprint density at radius 3 is 2.38 bits per heavy atom. The SMILES string of the molecule is O=C(Cc1ccccc1Br)N1C2CCC1CC(=C1CC1)C2. The number of hydrogen-bond acceptors (Lipinski definition) is 1. The number of halogens is 1. The molecule has 2 bridgehead atoms. The van der Waals surface area contributed by atoms with E-state index in [-0.39, 0.29) is 0 Å². The fraction of sp³-hybridized carbons (Fsp3) is 0.500. The van der Waals surface area contributed by atoms with Crippen LogP contribution in [0.2, 0.25) is 0 Å². The first-order chi connectivity index (χ1) is 10.2. The number of rotatable bonds is 2. The van der Waals surface area contributed by atoms with Crippen LogP contribution in [0.1, 0.15) is 44.1 Å². The number of piperidine rings is 1. The van der Waals surface area contributed by atoms with Gasteiger partial charge in [0, 0.05) is 16.6 Å². The van der Waals surface area contributed by atoms with Gasteiger partial charge in [0.1, 0.15) is 0 Å². The number of amides is 1. The zero-order valence-electron chi connectivity index (χ0n) is 12.1. The summed E-state index contributed by atoms with van der Waals surface area (Å²) < 4.78 is 1.04. The lowest BCUT2D eigenvalue weighted by Gasteiger charge is -2.36. The Labute approximate surface area is 134 Å². The number of carbonyl (C=O) groups is 1. The van der Waals surface area contributed by atoms with Crippen LogP contribution in [0.15, 0.2) is 39.9 Å². The summed E-state index contributed by atoms with van der Waals surface area (Å²) in [6.45, 7) is 0. The molecule has 0 radical (unpaired) electrons. The first-order valence-corrected chi connectivity index (χ1v) is 8.76. The molecule has 110 valence electrons. The Balaban J connectivity index is 1.51. The van der Waals surface area contributed by atoms with Crippen molar-refractivity contribution in [3.8, 4) is 0 Å². The number of nitrogens with zero attached hydrogens (tertiary/aromatic N) is 1. The van der Waals surface area contributed by atoms with Crippen molar-refractivity contribution in [2.45, 2.75) is 57.0 Å². The van der Waals surface area contributed by atoms with Crippen LogP contribution in [0.25, 0.3) is 0 Å². The summed E-state index contributed by atoms with van der Waals surface area (Å²) in [5, 5.41) is 0. The molecule has 3 heteroatoms. The van der Waals surface area contributed by atoms with Crippen LogP contribution in [-0.2, 0) is 11.2 Å². The summed E-state index contributed by atoms with van der Waals surface area (Å²) in [7, 11) is 0. The Morgan fingerprint density at radius 1 is 1.10 bits per heavy atom. The molecule has 2 unspecified atom stereocenters. The average molecular weight is 346 g/mol. The van der Waals surface area contributed by atoms with Gasteiger partial charge in [-0.3, -0.25) is 4.79 Å². The highest BCUT2D eigenvalue weighted by molar-refractivity contribution is 9.10. The fourth-order valence-corrected chi connectivity index (χ4v) is 4.45. The largest absolute Gasteiger partial charge is 0.336 e. The van der Waals surface area contributed by atoms with Gasteiger partial charge in [-0.05, 0) is 50.2 Å². The third-order valence-corrected chi connectivity index (χ3v) is 5.95. The van der Waals surface area contributed by atoms with E-state index in [0.29, 0.717) is 24.4 Å². The third kappa shape index (κ3) is 2.57. The van der Waals surface area contributed by atoms with E-state index in [4.69, 9.17) is 0 Å². The lowest BCUT2D eigenvalue weighted by Crippen LogP contribution is -2.45. The fourth-order valence-electron chi connectivity index (χ4n) is 4.02. The molecule has 1 aliphatic carbocycles. The molecule has 1 saturated carbocycles. The number of carbonyl (C=O) groups excluding carboxylic acids is 1. The zero-order chi connectivity index (χ0) is 14.4. The summed E-state index contributed by atoms with van der Waals surface area (Å²) in [6.07, 6.45) is 7.85. The predicted molar refractivity (Wildman–Crippen MR) is 87.0 cm³/mol. The van der Waals surface area contributed by atoms with Crippen LogP contribution in [0, 0.1) is 0 Å². The molecule has 4 rings (SSSR count). The average Bonchev–Trinajstić information content (AvgIpc) is 3.27. The molecule has 2 aliphatic heterocycles. The Bertz CT molecular complexity index is 599. The van der Waals surface area contributed by atoms with E-state index in [0.717, 1.165) is 22.9 Å². The second-order valence-electron chi connectivity index (χ2n) is 6.57. The topological polar surface area (TPSA) is 20.3 Å². The summed E-state index contributed by atoms with van der Waals surface area (Å²) in [5.74, 6) is 0.314. The van der Waals surface area contributed by atoms with Crippen LogP contribution >= 0.6 is 15.9 Å². The molecule has 2 saturated heterocycles. The standard InChI is InChI=1S/C18H20BrNO/c19-17-4-2-1-3-13(17)11-18(21)20-15-7-8-16(20)10-14(9-15)12-5-6-12/h1-4,15-16H,5-11H2. The normalized spacial score (nSPS) is 27.2. The van der Waals surface area contributed by atoms with Crippen molar-refractivity contribution in [3.63, 3.8) is 0 Å². The second kappa shape index (κ2) is 5.28. The number of hydrogen-bond donors (Lipinski definition) is 0. The van der Waals surface area contributed by atoms with Crippen LogP contribution in [0.4, 0.5) is 0 Å². The highest BCUT2D eigenvalue weighted by atomic mass is 79.9. The molecule has 0 spiro atoms. The molecule has 1 amide bonds. The second-order valence-corrected chi connectivity index (χ2v) is 7.42.